The van der Waals surface area contributed by atoms with Crippen LogP contribution in [0, 0.1) is 0 Å². The Morgan fingerprint density at radius 1 is 1.08 bits per heavy atom. The van der Waals surface area contributed by atoms with Gasteiger partial charge in [-0.25, -0.2) is 15.8 Å². The van der Waals surface area contributed by atoms with E-state index in [1.54, 1.807) is 29.7 Å². The van der Waals surface area contributed by atoms with Crippen molar-refractivity contribution in [1.29, 1.82) is 0 Å². The van der Waals surface area contributed by atoms with Crippen LogP contribution in [0.25, 0.3) is 0 Å². The quantitative estimate of drug-likeness (QED) is 0.281. The van der Waals surface area contributed by atoms with Crippen molar-refractivity contribution in [3.63, 3.8) is 0 Å². The summed E-state index contributed by atoms with van der Waals surface area (Å²) in [6, 6.07) is 6.61. The minimum absolute atomic E-state index is 0.266. The highest BCUT2D eigenvalue weighted by atomic mass is 16.7. The smallest absolute Gasteiger partial charge is 0.343 e. The number of carbonyl (C=O) groups is 2. The van der Waals surface area contributed by atoms with Gasteiger partial charge < -0.3 is 10.1 Å². The van der Waals surface area contributed by atoms with Gasteiger partial charge in [-0.1, -0.05) is 13.3 Å². The first-order valence-electron chi connectivity index (χ1n) is 8.00. The maximum absolute atomic E-state index is 11.6. The van der Waals surface area contributed by atoms with Gasteiger partial charge in [-0.15, -0.1) is 0 Å². The van der Waals surface area contributed by atoms with E-state index in [1.807, 2.05) is 6.92 Å². The molecule has 134 valence electrons. The Bertz CT molecular complexity index is 493. The standard InChI is InChI=1S/C16H25N3O5/c1-2-11-23-14-9-7-13(8-10-14)17-16(21)19-24-12-5-3-4-6-15(20)18-22/h7-10,22H,2-6,11-12H2,1H3,(H,18,20)(H2,17,19,21). The first-order chi connectivity index (χ1) is 11.7. The maximum atomic E-state index is 11.6. The molecule has 0 aliphatic carbocycles. The monoisotopic (exact) mass is 339 g/mol. The number of urea groups is 1. The Morgan fingerprint density at radius 3 is 2.50 bits per heavy atom. The Morgan fingerprint density at radius 2 is 1.83 bits per heavy atom. The van der Waals surface area contributed by atoms with Crippen LogP contribution in [0.4, 0.5) is 10.5 Å². The highest BCUT2D eigenvalue weighted by molar-refractivity contribution is 5.88. The van der Waals surface area contributed by atoms with Crippen LogP contribution in [0.5, 0.6) is 5.75 Å². The van der Waals surface area contributed by atoms with Crippen LogP contribution in [-0.2, 0) is 9.63 Å². The van der Waals surface area contributed by atoms with Crippen LogP contribution >= 0.6 is 0 Å². The minimum atomic E-state index is -0.461. The molecule has 1 rings (SSSR count). The summed E-state index contributed by atoms with van der Waals surface area (Å²) in [5.74, 6) is 0.355. The predicted molar refractivity (Wildman–Crippen MR) is 88.7 cm³/mol. The van der Waals surface area contributed by atoms with Crippen molar-refractivity contribution >= 4 is 17.6 Å². The molecule has 3 amide bonds. The normalized spacial score (nSPS) is 10.1. The highest BCUT2D eigenvalue weighted by Crippen LogP contribution is 2.15. The first kappa shape index (κ1) is 19.7. The van der Waals surface area contributed by atoms with Crippen molar-refractivity contribution in [3.8, 4) is 5.75 Å². The van der Waals surface area contributed by atoms with E-state index in [1.165, 1.54) is 0 Å². The van der Waals surface area contributed by atoms with Crippen LogP contribution in [0.1, 0.15) is 39.0 Å². The third-order valence-electron chi connectivity index (χ3n) is 3.02. The van der Waals surface area contributed by atoms with Crippen molar-refractivity contribution in [1.82, 2.24) is 11.0 Å². The molecule has 0 saturated heterocycles. The van der Waals surface area contributed by atoms with Gasteiger partial charge in [0, 0.05) is 12.1 Å². The van der Waals surface area contributed by atoms with Gasteiger partial charge in [0.2, 0.25) is 5.91 Å². The second-order valence-corrected chi connectivity index (χ2v) is 5.12. The molecule has 1 aromatic rings. The van der Waals surface area contributed by atoms with Crippen molar-refractivity contribution in [2.24, 2.45) is 0 Å². The number of amides is 3. The van der Waals surface area contributed by atoms with E-state index < -0.39 is 11.9 Å². The molecule has 0 atom stereocenters. The zero-order valence-electron chi connectivity index (χ0n) is 13.8. The van der Waals surface area contributed by atoms with Gasteiger partial charge in [0.1, 0.15) is 5.75 Å². The Balaban J connectivity index is 2.10. The molecule has 0 aliphatic heterocycles. The van der Waals surface area contributed by atoms with Crippen LogP contribution in [0.3, 0.4) is 0 Å². The molecule has 0 aromatic heterocycles. The fourth-order valence-corrected chi connectivity index (χ4v) is 1.82. The van der Waals surface area contributed by atoms with Gasteiger partial charge in [-0.2, -0.15) is 0 Å². The zero-order chi connectivity index (χ0) is 17.6. The van der Waals surface area contributed by atoms with Gasteiger partial charge in [0.15, 0.2) is 0 Å². The Labute approximate surface area is 141 Å². The molecule has 0 spiro atoms. The molecule has 0 heterocycles. The fourth-order valence-electron chi connectivity index (χ4n) is 1.82. The molecule has 4 N–H and O–H groups in total. The summed E-state index contributed by atoms with van der Waals surface area (Å²) in [5, 5.41) is 11.0. The van der Waals surface area contributed by atoms with E-state index >= 15 is 0 Å². The summed E-state index contributed by atoms with van der Waals surface area (Å²) in [7, 11) is 0. The van der Waals surface area contributed by atoms with E-state index in [-0.39, 0.29) is 6.42 Å². The number of unbranched alkanes of at least 4 members (excludes halogenated alkanes) is 2. The summed E-state index contributed by atoms with van der Waals surface area (Å²) in [5.41, 5.74) is 4.50. The lowest BCUT2D eigenvalue weighted by Gasteiger charge is -2.09. The molecule has 24 heavy (non-hydrogen) atoms. The third-order valence-corrected chi connectivity index (χ3v) is 3.02. The van der Waals surface area contributed by atoms with E-state index in [4.69, 9.17) is 14.8 Å². The number of hydrogen-bond acceptors (Lipinski definition) is 5. The lowest BCUT2D eigenvalue weighted by molar-refractivity contribution is -0.129. The second-order valence-electron chi connectivity index (χ2n) is 5.12. The van der Waals surface area contributed by atoms with Crippen LogP contribution in [0.2, 0.25) is 0 Å². The van der Waals surface area contributed by atoms with Crippen molar-refractivity contribution in [2.75, 3.05) is 18.5 Å². The lowest BCUT2D eigenvalue weighted by Crippen LogP contribution is -2.29. The molecule has 0 radical (unpaired) electrons. The summed E-state index contributed by atoms with van der Waals surface area (Å²) >= 11 is 0. The van der Waals surface area contributed by atoms with Gasteiger partial charge in [0.05, 0.1) is 13.2 Å². The molecule has 0 unspecified atom stereocenters. The lowest BCUT2D eigenvalue weighted by atomic mass is 10.2. The highest BCUT2D eigenvalue weighted by Gasteiger charge is 2.02. The predicted octanol–water partition coefficient (Wildman–Crippen LogP) is 2.59. The van der Waals surface area contributed by atoms with Gasteiger partial charge >= 0.3 is 6.03 Å². The Kier molecular flexibility index (Phi) is 9.98. The number of anilines is 1. The molecule has 0 saturated carbocycles. The minimum Gasteiger partial charge on any atom is -0.494 e. The third kappa shape index (κ3) is 8.96. The van der Waals surface area contributed by atoms with Crippen LogP contribution in [-0.4, -0.2) is 30.4 Å². The van der Waals surface area contributed by atoms with E-state index in [9.17, 15) is 9.59 Å². The number of hydroxylamine groups is 2. The average molecular weight is 339 g/mol. The SMILES string of the molecule is CCCOc1ccc(NC(=O)NOCCCCCC(=O)NO)cc1. The van der Waals surface area contributed by atoms with Crippen molar-refractivity contribution in [2.45, 2.75) is 39.0 Å². The summed E-state index contributed by atoms with van der Waals surface area (Å²) in [6.07, 6.45) is 3.31. The fraction of sp³-hybridized carbons (Fsp3) is 0.500. The van der Waals surface area contributed by atoms with Gasteiger partial charge in [0.25, 0.3) is 0 Å². The molecular formula is C16H25N3O5. The molecule has 8 heteroatoms. The van der Waals surface area contributed by atoms with E-state index in [0.717, 1.165) is 18.6 Å². The number of ether oxygens (including phenoxy) is 1. The largest absolute Gasteiger partial charge is 0.494 e. The summed E-state index contributed by atoms with van der Waals surface area (Å²) < 4.78 is 5.46. The Hall–Kier alpha value is -2.32. The molecule has 0 fully saturated rings. The maximum Gasteiger partial charge on any atom is 0.343 e. The topological polar surface area (TPSA) is 109 Å². The number of hydrogen-bond donors (Lipinski definition) is 4. The van der Waals surface area contributed by atoms with Crippen molar-refractivity contribution < 1.29 is 24.4 Å². The molecule has 0 aliphatic rings. The molecular weight excluding hydrogens is 314 g/mol. The van der Waals surface area contributed by atoms with E-state index in [2.05, 4.69) is 10.8 Å². The number of benzene rings is 1. The number of carbonyl (C=O) groups excluding carboxylic acids is 2. The molecule has 8 nitrogen and oxygen atoms in total. The van der Waals surface area contributed by atoms with Gasteiger partial charge in [-0.05, 0) is 43.5 Å². The summed E-state index contributed by atoms with van der Waals surface area (Å²) in [4.78, 5) is 27.4. The zero-order valence-corrected chi connectivity index (χ0v) is 13.8. The van der Waals surface area contributed by atoms with Crippen LogP contribution in [0.15, 0.2) is 24.3 Å². The first-order valence-corrected chi connectivity index (χ1v) is 8.00. The molecule has 0 bridgehead atoms. The average Bonchev–Trinajstić information content (AvgIpc) is 2.60. The number of rotatable bonds is 11. The summed E-state index contributed by atoms with van der Waals surface area (Å²) in [6.45, 7) is 3.04. The molecule has 1 aromatic carbocycles. The van der Waals surface area contributed by atoms with Crippen LogP contribution < -0.4 is 21.0 Å². The van der Waals surface area contributed by atoms with Gasteiger partial charge in [-0.3, -0.25) is 14.8 Å². The van der Waals surface area contributed by atoms with E-state index in [0.29, 0.717) is 31.7 Å². The van der Waals surface area contributed by atoms with Crippen molar-refractivity contribution in [3.05, 3.63) is 24.3 Å². The number of nitrogens with one attached hydrogen (secondary N) is 3. The second kappa shape index (κ2) is 12.1.